The molecule has 0 aliphatic carbocycles. The molecule has 1 unspecified atom stereocenters. The van der Waals surface area contributed by atoms with Crippen molar-refractivity contribution in [2.45, 2.75) is 24.8 Å². The van der Waals surface area contributed by atoms with Gasteiger partial charge in [-0.1, -0.05) is 12.1 Å². The Kier molecular flexibility index (Phi) is 5.25. The van der Waals surface area contributed by atoms with Crippen molar-refractivity contribution >= 4 is 37.4 Å². The summed E-state index contributed by atoms with van der Waals surface area (Å²) in [4.78, 5) is 42.0. The smallest absolute Gasteiger partial charge is 0.534 e. The van der Waals surface area contributed by atoms with Crippen LogP contribution in [0.1, 0.15) is 28.4 Å². The zero-order valence-corrected chi connectivity index (χ0v) is 16.0. The number of amides is 3. The molecule has 2 aliphatic rings. The summed E-state index contributed by atoms with van der Waals surface area (Å²) >= 11 is 0. The number of aromatic carboxylic acids is 1. The van der Waals surface area contributed by atoms with Crippen LogP contribution in [0.4, 0.5) is 4.79 Å². The molecule has 0 spiro atoms. The summed E-state index contributed by atoms with van der Waals surface area (Å²) in [6.07, 6.45) is 3.11. The number of carboxylic acids is 1. The van der Waals surface area contributed by atoms with E-state index in [0.29, 0.717) is 11.1 Å². The molecular weight excluding hydrogens is 400 g/mol. The first-order valence-electron chi connectivity index (χ1n) is 8.59. The maximum atomic E-state index is 13.1. The number of rotatable bonds is 3. The van der Waals surface area contributed by atoms with Gasteiger partial charge in [0.25, 0.3) is 5.91 Å². The highest BCUT2D eigenvalue weighted by atomic mass is 35.5. The molecule has 0 bridgehead atoms. The predicted molar refractivity (Wildman–Crippen MR) is 104 cm³/mol. The minimum absolute atomic E-state index is 0. The summed E-state index contributed by atoms with van der Waals surface area (Å²) in [6.45, 7) is 1.58. The molecule has 150 valence electrons. The summed E-state index contributed by atoms with van der Waals surface area (Å²) < 4.78 is 5.41. The van der Waals surface area contributed by atoms with Gasteiger partial charge >= 0.3 is 19.1 Å². The number of halogens is 1. The molecule has 1 aromatic heterocycles. The zero-order valence-electron chi connectivity index (χ0n) is 15.2. The van der Waals surface area contributed by atoms with Gasteiger partial charge in [0.1, 0.15) is 11.3 Å². The molecule has 4 rings (SSSR count). The predicted octanol–water partition coefficient (Wildman–Crippen LogP) is 0.992. The van der Waals surface area contributed by atoms with Crippen molar-refractivity contribution in [2.24, 2.45) is 0 Å². The van der Waals surface area contributed by atoms with E-state index in [0.717, 1.165) is 4.90 Å². The Morgan fingerprint density at radius 1 is 1.31 bits per heavy atom. The minimum atomic E-state index is -1.55. The van der Waals surface area contributed by atoms with E-state index >= 15 is 0 Å². The lowest BCUT2D eigenvalue weighted by Crippen LogP contribution is -2.56. The highest BCUT2D eigenvalue weighted by Crippen LogP contribution is 2.35. The number of pyridine rings is 1. The third kappa shape index (κ3) is 3.20. The number of hydrogen-bond acceptors (Lipinski definition) is 6. The summed E-state index contributed by atoms with van der Waals surface area (Å²) in [5.41, 5.74) is -0.339. The van der Waals surface area contributed by atoms with Gasteiger partial charge in [0, 0.05) is 12.4 Å². The van der Waals surface area contributed by atoms with Crippen molar-refractivity contribution in [3.8, 4) is 5.75 Å². The Hall–Kier alpha value is -3.11. The first-order valence-corrected chi connectivity index (χ1v) is 8.59. The van der Waals surface area contributed by atoms with Crippen LogP contribution in [0.25, 0.3) is 0 Å². The quantitative estimate of drug-likeness (QED) is 0.502. The molecule has 0 radical (unpaired) electrons. The van der Waals surface area contributed by atoms with Gasteiger partial charge in [0.15, 0.2) is 0 Å². The van der Waals surface area contributed by atoms with E-state index in [2.05, 4.69) is 10.3 Å². The van der Waals surface area contributed by atoms with Gasteiger partial charge in [-0.2, -0.15) is 0 Å². The fourth-order valence-corrected chi connectivity index (χ4v) is 3.64. The van der Waals surface area contributed by atoms with Crippen LogP contribution in [0.15, 0.2) is 42.7 Å². The van der Waals surface area contributed by atoms with Crippen LogP contribution < -0.4 is 9.97 Å². The molecule has 2 aliphatic heterocycles. The number of imide groups is 1. The first-order chi connectivity index (χ1) is 13.3. The molecule has 29 heavy (non-hydrogen) atoms. The lowest BCUT2D eigenvalue weighted by molar-refractivity contribution is -0.132. The monoisotopic (exact) mass is 417 g/mol. The SMILES string of the molecule is CC1(c2ccncc2)NC(=O)N([C@H]2Cc3cccc(C(=O)O)c3OB2O)C1=O.Cl. The van der Waals surface area contributed by atoms with Crippen LogP contribution in [-0.4, -0.2) is 51.0 Å². The Labute approximate surface area is 172 Å². The molecule has 2 aromatic rings. The van der Waals surface area contributed by atoms with Crippen LogP contribution in [0.5, 0.6) is 5.75 Å². The minimum Gasteiger partial charge on any atom is -0.534 e. The average molecular weight is 418 g/mol. The van der Waals surface area contributed by atoms with Crippen molar-refractivity contribution in [1.29, 1.82) is 0 Å². The number of carboxylic acid groups (broad SMARTS) is 1. The number of para-hydroxylation sites is 1. The van der Waals surface area contributed by atoms with Crippen molar-refractivity contribution in [3.63, 3.8) is 0 Å². The molecular formula is C18H17BClN3O6. The maximum Gasteiger partial charge on any atom is 0.547 e. The van der Waals surface area contributed by atoms with Gasteiger partial charge < -0.3 is 20.1 Å². The second kappa shape index (κ2) is 7.38. The molecule has 1 fully saturated rings. The summed E-state index contributed by atoms with van der Waals surface area (Å²) in [7, 11) is -1.55. The molecule has 11 heteroatoms. The van der Waals surface area contributed by atoms with Gasteiger partial charge in [-0.15, -0.1) is 12.4 Å². The molecule has 2 atom stereocenters. The number of carbonyl (C=O) groups excluding carboxylic acids is 2. The lowest BCUT2D eigenvalue weighted by Gasteiger charge is -2.33. The van der Waals surface area contributed by atoms with Gasteiger partial charge in [0.2, 0.25) is 0 Å². The average Bonchev–Trinajstić information content (AvgIpc) is 2.91. The second-order valence-electron chi connectivity index (χ2n) is 6.85. The number of nitrogens with zero attached hydrogens (tertiary/aromatic N) is 2. The van der Waals surface area contributed by atoms with E-state index < -0.39 is 36.5 Å². The van der Waals surface area contributed by atoms with E-state index in [-0.39, 0.29) is 30.1 Å². The van der Waals surface area contributed by atoms with Gasteiger partial charge in [-0.05, 0) is 42.7 Å². The van der Waals surface area contributed by atoms with Crippen molar-refractivity contribution in [1.82, 2.24) is 15.2 Å². The van der Waals surface area contributed by atoms with E-state index in [1.165, 1.54) is 18.5 Å². The third-order valence-electron chi connectivity index (χ3n) is 5.14. The number of aromatic nitrogens is 1. The van der Waals surface area contributed by atoms with Crippen molar-refractivity contribution in [3.05, 3.63) is 59.4 Å². The van der Waals surface area contributed by atoms with Gasteiger partial charge in [-0.3, -0.25) is 14.7 Å². The lowest BCUT2D eigenvalue weighted by atomic mass is 9.71. The number of fused-ring (bicyclic) bond motifs is 1. The fraction of sp³-hybridized carbons (Fsp3) is 0.222. The standard InChI is InChI=1S/C18H16BN3O6.ClH/c1-18(11-5-7-20-8-6-11)16(25)22(17(26)21-18)13-9-10-3-2-4-12(15(23)24)14(10)28-19(13)27;/h2-8,13,27H,9H2,1H3,(H,21,26)(H,23,24);1H/t13-,18?;/m0./s1. The Morgan fingerprint density at radius 3 is 2.66 bits per heavy atom. The molecule has 1 saturated heterocycles. The van der Waals surface area contributed by atoms with Crippen molar-refractivity contribution in [2.75, 3.05) is 0 Å². The van der Waals surface area contributed by atoms with Gasteiger partial charge in [-0.25, -0.2) is 9.59 Å². The largest absolute Gasteiger partial charge is 0.547 e. The molecule has 9 nitrogen and oxygen atoms in total. The topological polar surface area (TPSA) is 129 Å². The number of benzene rings is 1. The number of hydrogen-bond donors (Lipinski definition) is 3. The molecule has 3 heterocycles. The van der Waals surface area contributed by atoms with Crippen LogP contribution in [0.3, 0.4) is 0 Å². The number of carbonyl (C=O) groups is 3. The molecule has 3 N–H and O–H groups in total. The fourth-order valence-electron chi connectivity index (χ4n) is 3.64. The maximum absolute atomic E-state index is 13.1. The molecule has 1 aromatic carbocycles. The summed E-state index contributed by atoms with van der Waals surface area (Å²) in [6, 6.07) is 7.15. The van der Waals surface area contributed by atoms with E-state index in [9.17, 15) is 24.5 Å². The Morgan fingerprint density at radius 2 is 2.00 bits per heavy atom. The van der Waals surface area contributed by atoms with E-state index in [1.54, 1.807) is 31.2 Å². The van der Waals surface area contributed by atoms with E-state index in [1.807, 2.05) is 0 Å². The summed E-state index contributed by atoms with van der Waals surface area (Å²) in [5.74, 6) is -2.67. The van der Waals surface area contributed by atoms with Gasteiger partial charge in [0.05, 0.1) is 11.5 Å². The van der Waals surface area contributed by atoms with Crippen LogP contribution in [0, 0.1) is 0 Å². The number of urea groups is 1. The normalized spacial score (nSPS) is 23.0. The third-order valence-corrected chi connectivity index (χ3v) is 5.14. The van der Waals surface area contributed by atoms with Crippen LogP contribution >= 0.6 is 12.4 Å². The second-order valence-corrected chi connectivity index (χ2v) is 6.85. The first kappa shape index (κ1) is 20.6. The zero-order chi connectivity index (χ0) is 20.1. The van der Waals surface area contributed by atoms with Crippen LogP contribution in [0.2, 0.25) is 0 Å². The Balaban J connectivity index is 0.00000240. The molecule has 3 amide bonds. The Bertz CT molecular complexity index is 991. The highest BCUT2D eigenvalue weighted by Gasteiger charge is 2.55. The van der Waals surface area contributed by atoms with E-state index in [4.69, 9.17) is 4.65 Å². The summed E-state index contributed by atoms with van der Waals surface area (Å²) in [5, 5.41) is 22.4. The highest BCUT2D eigenvalue weighted by molar-refractivity contribution is 6.47. The number of nitrogens with one attached hydrogen (secondary N) is 1. The van der Waals surface area contributed by atoms with Crippen LogP contribution in [-0.2, 0) is 16.8 Å². The molecule has 0 saturated carbocycles. The van der Waals surface area contributed by atoms with Crippen molar-refractivity contribution < 1.29 is 29.2 Å².